The van der Waals surface area contributed by atoms with E-state index in [1.165, 1.54) is 25.1 Å². The first kappa shape index (κ1) is 24.8. The van der Waals surface area contributed by atoms with Crippen LogP contribution >= 0.6 is 0 Å². The molecule has 0 unspecified atom stereocenters. The number of nitrogens with zero attached hydrogens (tertiary/aromatic N) is 2. The first-order chi connectivity index (χ1) is 16.2. The fourth-order valence-corrected chi connectivity index (χ4v) is 5.77. The van der Waals surface area contributed by atoms with Gasteiger partial charge in [0.15, 0.2) is 11.4 Å². The van der Waals surface area contributed by atoms with Crippen LogP contribution < -0.4 is 5.73 Å². The van der Waals surface area contributed by atoms with Gasteiger partial charge in [0.05, 0.1) is 11.6 Å². The number of phenols is 1. The van der Waals surface area contributed by atoms with Crippen LogP contribution in [0, 0.1) is 17.7 Å². The number of amides is 1. The van der Waals surface area contributed by atoms with E-state index in [0.717, 1.165) is 0 Å². The summed E-state index contributed by atoms with van der Waals surface area (Å²) in [6.07, 6.45) is -0.00510. The molecule has 35 heavy (non-hydrogen) atoms. The molecule has 0 aliphatic heterocycles. The lowest BCUT2D eigenvalue weighted by molar-refractivity contribution is -0.153. The van der Waals surface area contributed by atoms with E-state index in [1.54, 1.807) is 19.0 Å². The molecule has 4 rings (SSSR count). The summed E-state index contributed by atoms with van der Waals surface area (Å²) >= 11 is 0. The Hall–Kier alpha value is -3.28. The summed E-state index contributed by atoms with van der Waals surface area (Å²) in [6.45, 7) is 0.0229. The number of rotatable bonds is 4. The van der Waals surface area contributed by atoms with Gasteiger partial charge in [0.1, 0.15) is 28.7 Å². The summed E-state index contributed by atoms with van der Waals surface area (Å²) in [5, 5.41) is 44.3. The van der Waals surface area contributed by atoms with Crippen molar-refractivity contribution in [2.24, 2.45) is 17.6 Å². The van der Waals surface area contributed by atoms with Crippen molar-refractivity contribution in [1.82, 2.24) is 9.80 Å². The maximum Gasteiger partial charge on any atom is 0.255 e. The van der Waals surface area contributed by atoms with Crippen LogP contribution in [0.15, 0.2) is 23.0 Å². The Bertz CT molecular complexity index is 1240. The van der Waals surface area contributed by atoms with Gasteiger partial charge < -0.3 is 31.1 Å². The number of aliphatic hydroxyl groups is 3. The zero-order valence-electron chi connectivity index (χ0n) is 19.8. The Balaban J connectivity index is 1.96. The first-order valence-corrected chi connectivity index (χ1v) is 11.1. The summed E-state index contributed by atoms with van der Waals surface area (Å²) in [5.41, 5.74) is 1.53. The molecule has 3 aliphatic rings. The lowest BCUT2D eigenvalue weighted by atomic mass is 9.57. The lowest BCUT2D eigenvalue weighted by Crippen LogP contribution is -2.65. The average Bonchev–Trinajstić information content (AvgIpc) is 2.72. The summed E-state index contributed by atoms with van der Waals surface area (Å²) < 4.78 is 14.8. The smallest absolute Gasteiger partial charge is 0.255 e. The molecule has 1 amide bonds. The SMILES string of the molecule is CN(C)Cc1c(F)cc2c(c1O)C(O)=C1C(=O)[C@]3(O)C(O)=C(C(N)=O)C(=O)[C@@H](N(C)C)[C@@H]3C[C@@H]1C2. The fraction of sp³-hybridized carbons (Fsp3) is 0.458. The lowest BCUT2D eigenvalue weighted by Gasteiger charge is -2.50. The van der Waals surface area contributed by atoms with Crippen molar-refractivity contribution < 1.29 is 39.2 Å². The molecule has 0 aromatic heterocycles. The predicted octanol–water partition coefficient (Wildman–Crippen LogP) is 0.165. The van der Waals surface area contributed by atoms with Crippen LogP contribution in [-0.2, 0) is 27.3 Å². The second-order valence-electron chi connectivity index (χ2n) is 9.92. The van der Waals surface area contributed by atoms with Gasteiger partial charge in [0.25, 0.3) is 5.91 Å². The number of carbonyl (C=O) groups excluding carboxylic acids is 3. The Morgan fingerprint density at radius 1 is 1.20 bits per heavy atom. The number of aliphatic hydroxyl groups excluding tert-OH is 2. The highest BCUT2D eigenvalue weighted by molar-refractivity contribution is 6.24. The van der Waals surface area contributed by atoms with Crippen LogP contribution in [0.5, 0.6) is 5.75 Å². The van der Waals surface area contributed by atoms with Crippen LogP contribution in [0.3, 0.4) is 0 Å². The molecule has 11 heteroatoms. The van der Waals surface area contributed by atoms with E-state index in [0.29, 0.717) is 0 Å². The average molecular weight is 490 g/mol. The number of aromatic hydroxyl groups is 1. The molecule has 0 spiro atoms. The zero-order chi connectivity index (χ0) is 26.1. The normalized spacial score (nSPS) is 28.4. The fourth-order valence-electron chi connectivity index (χ4n) is 5.77. The molecular weight excluding hydrogens is 461 g/mol. The minimum Gasteiger partial charge on any atom is -0.508 e. The molecule has 1 aromatic rings. The summed E-state index contributed by atoms with van der Waals surface area (Å²) in [6, 6.07) is 0.0320. The maximum absolute atomic E-state index is 14.8. The summed E-state index contributed by atoms with van der Waals surface area (Å²) in [4.78, 5) is 41.8. The quantitative estimate of drug-likeness (QED) is 0.371. The van der Waals surface area contributed by atoms with Gasteiger partial charge in [-0.3, -0.25) is 19.3 Å². The summed E-state index contributed by atoms with van der Waals surface area (Å²) in [5.74, 6) is -8.12. The molecular formula is C24H28FN3O7. The number of hydrogen-bond donors (Lipinski definition) is 5. The second kappa shape index (κ2) is 8.14. The van der Waals surface area contributed by atoms with E-state index in [4.69, 9.17) is 5.73 Å². The minimum absolute atomic E-state index is 0.0229. The van der Waals surface area contributed by atoms with Gasteiger partial charge in [0, 0.05) is 23.6 Å². The van der Waals surface area contributed by atoms with E-state index in [9.17, 15) is 39.2 Å². The van der Waals surface area contributed by atoms with E-state index in [-0.39, 0.29) is 41.6 Å². The van der Waals surface area contributed by atoms with Crippen LogP contribution in [0.4, 0.5) is 4.39 Å². The van der Waals surface area contributed by atoms with Crippen LogP contribution in [0.2, 0.25) is 0 Å². The molecule has 1 aromatic carbocycles. The number of Topliss-reactive ketones (excluding diaryl/α,β-unsaturated/α-hetero) is 2. The van der Waals surface area contributed by atoms with Crippen molar-refractivity contribution in [3.8, 4) is 5.75 Å². The molecule has 10 nitrogen and oxygen atoms in total. The van der Waals surface area contributed by atoms with Gasteiger partial charge in [-0.15, -0.1) is 0 Å². The van der Waals surface area contributed by atoms with Crippen molar-refractivity contribution in [2.45, 2.75) is 31.0 Å². The van der Waals surface area contributed by atoms with Crippen LogP contribution in [0.1, 0.15) is 23.1 Å². The predicted molar refractivity (Wildman–Crippen MR) is 122 cm³/mol. The Labute approximate surface area is 200 Å². The number of primary amides is 1. The third kappa shape index (κ3) is 3.37. The molecule has 0 heterocycles. The molecule has 0 bridgehead atoms. The number of halogens is 1. The number of fused-ring (bicyclic) bond motifs is 3. The monoisotopic (exact) mass is 489 g/mol. The third-order valence-electron chi connectivity index (χ3n) is 7.24. The highest BCUT2D eigenvalue weighted by atomic mass is 19.1. The molecule has 6 N–H and O–H groups in total. The summed E-state index contributed by atoms with van der Waals surface area (Å²) in [7, 11) is 6.38. The molecule has 0 saturated heterocycles. The van der Waals surface area contributed by atoms with Crippen molar-refractivity contribution in [1.29, 1.82) is 0 Å². The maximum atomic E-state index is 14.8. The molecule has 1 saturated carbocycles. The Morgan fingerprint density at radius 3 is 2.37 bits per heavy atom. The number of benzene rings is 1. The highest BCUT2D eigenvalue weighted by Crippen LogP contribution is 2.53. The van der Waals surface area contributed by atoms with E-state index in [1.807, 2.05) is 0 Å². The van der Waals surface area contributed by atoms with Crippen molar-refractivity contribution in [3.05, 3.63) is 45.5 Å². The van der Waals surface area contributed by atoms with Crippen molar-refractivity contribution in [2.75, 3.05) is 28.2 Å². The molecule has 188 valence electrons. The van der Waals surface area contributed by atoms with Crippen LogP contribution in [-0.4, -0.2) is 87.5 Å². The van der Waals surface area contributed by atoms with E-state index in [2.05, 4.69) is 0 Å². The van der Waals surface area contributed by atoms with E-state index < -0.39 is 69.6 Å². The Kier molecular flexibility index (Phi) is 5.78. The Morgan fingerprint density at radius 2 is 1.83 bits per heavy atom. The van der Waals surface area contributed by atoms with Gasteiger partial charge in [-0.05, 0) is 58.6 Å². The molecule has 3 aliphatic carbocycles. The van der Waals surface area contributed by atoms with Crippen LogP contribution in [0.25, 0.3) is 5.76 Å². The zero-order valence-corrected chi connectivity index (χ0v) is 19.8. The highest BCUT2D eigenvalue weighted by Gasteiger charge is 2.64. The number of carbonyl (C=O) groups is 3. The first-order valence-electron chi connectivity index (χ1n) is 11.1. The number of likely N-dealkylation sites (N-methyl/N-ethyl adjacent to an activating group) is 1. The third-order valence-corrected chi connectivity index (χ3v) is 7.24. The minimum atomic E-state index is -2.70. The molecule has 4 atom stereocenters. The number of nitrogens with two attached hydrogens (primary N) is 1. The van der Waals surface area contributed by atoms with Gasteiger partial charge in [0.2, 0.25) is 5.78 Å². The molecule has 1 fully saturated rings. The van der Waals surface area contributed by atoms with Crippen molar-refractivity contribution in [3.63, 3.8) is 0 Å². The number of hydrogen-bond acceptors (Lipinski definition) is 9. The topological polar surface area (TPSA) is 165 Å². The number of ketones is 2. The number of phenolic OH excluding ortho intramolecular Hbond substituents is 1. The van der Waals surface area contributed by atoms with Crippen molar-refractivity contribution >= 4 is 23.2 Å². The van der Waals surface area contributed by atoms with Gasteiger partial charge in [-0.2, -0.15) is 0 Å². The van der Waals surface area contributed by atoms with E-state index >= 15 is 0 Å². The van der Waals surface area contributed by atoms with Gasteiger partial charge >= 0.3 is 0 Å². The van der Waals surface area contributed by atoms with Gasteiger partial charge in [-0.1, -0.05) is 0 Å². The standard InChI is InChI=1S/C24H28FN3O7/c1-27(2)8-11-13(25)7-10-5-9-6-12-17(28(3)4)20(31)16(23(26)34)22(33)24(12,35)21(32)15(9)19(30)14(10)18(11)29/h7,9,12,17,29-30,33,35H,5-6,8H2,1-4H3,(H2,26,34)/t9-,12-,17-,24-/m0/s1. The second-order valence-corrected chi connectivity index (χ2v) is 9.92. The van der Waals surface area contributed by atoms with Gasteiger partial charge in [-0.25, -0.2) is 4.39 Å². The largest absolute Gasteiger partial charge is 0.508 e. The molecule has 0 radical (unpaired) electrons.